The fourth-order valence-corrected chi connectivity index (χ4v) is 4.12. The Labute approximate surface area is 158 Å². The van der Waals surface area contributed by atoms with Crippen molar-refractivity contribution in [3.05, 3.63) is 47.0 Å². The van der Waals surface area contributed by atoms with Crippen LogP contribution in [0.15, 0.2) is 24.3 Å². The quantitative estimate of drug-likeness (QED) is 0.900. The van der Waals surface area contributed by atoms with Crippen LogP contribution in [0.1, 0.15) is 70.4 Å². The van der Waals surface area contributed by atoms with Gasteiger partial charge in [-0.3, -0.25) is 4.79 Å². The number of carbonyl (C=O) groups is 2. The summed E-state index contributed by atoms with van der Waals surface area (Å²) in [5, 5.41) is 17.9. The zero-order chi connectivity index (χ0) is 18.8. The molecule has 0 spiro atoms. The summed E-state index contributed by atoms with van der Waals surface area (Å²) in [4.78, 5) is 25.7. The number of aryl methyl sites for hydroxylation is 1. The van der Waals surface area contributed by atoms with E-state index in [1.54, 1.807) is 12.1 Å². The molecule has 0 radical (unpaired) electrons. The van der Waals surface area contributed by atoms with Crippen LogP contribution in [-0.2, 0) is 13.0 Å². The Morgan fingerprint density at radius 3 is 2.52 bits per heavy atom. The van der Waals surface area contributed by atoms with Crippen molar-refractivity contribution in [3.63, 3.8) is 0 Å². The first-order chi connectivity index (χ1) is 13.1. The van der Waals surface area contributed by atoms with Crippen molar-refractivity contribution < 1.29 is 14.7 Å². The van der Waals surface area contributed by atoms with Crippen molar-refractivity contribution in [1.82, 2.24) is 19.7 Å². The third kappa shape index (κ3) is 3.59. The van der Waals surface area contributed by atoms with Gasteiger partial charge in [0.2, 0.25) is 0 Å². The number of rotatable bonds is 3. The highest BCUT2D eigenvalue weighted by atomic mass is 16.4. The number of nitrogens with zero attached hydrogens (tertiary/aromatic N) is 4. The smallest absolute Gasteiger partial charge is 0.335 e. The highest BCUT2D eigenvalue weighted by Gasteiger charge is 2.30. The second-order valence-electron chi connectivity index (χ2n) is 7.41. The Morgan fingerprint density at radius 2 is 1.74 bits per heavy atom. The van der Waals surface area contributed by atoms with E-state index >= 15 is 0 Å². The maximum Gasteiger partial charge on any atom is 0.335 e. The number of piperidine rings is 1. The lowest BCUT2D eigenvalue weighted by molar-refractivity contribution is 0.0686. The monoisotopic (exact) mass is 368 g/mol. The van der Waals surface area contributed by atoms with Crippen LogP contribution in [0.2, 0.25) is 0 Å². The molecule has 1 unspecified atom stereocenters. The number of fused-ring (bicyclic) bond motifs is 1. The Balaban J connectivity index is 1.50. The molecule has 1 amide bonds. The molecule has 1 fully saturated rings. The Bertz CT molecular complexity index is 843. The first-order valence-corrected chi connectivity index (χ1v) is 9.68. The lowest BCUT2D eigenvalue weighted by Crippen LogP contribution is -2.39. The van der Waals surface area contributed by atoms with Crippen LogP contribution in [0.3, 0.4) is 0 Å². The molecule has 1 aromatic carbocycles. The Kier molecular flexibility index (Phi) is 4.92. The molecule has 1 N–H and O–H groups in total. The molecule has 142 valence electrons. The number of likely N-dealkylation sites (tertiary alicyclic amines) is 1. The number of carbonyl (C=O) groups excluding carboxylic acids is 1. The van der Waals surface area contributed by atoms with Crippen LogP contribution >= 0.6 is 0 Å². The normalized spacial score (nSPS) is 20.0. The molecule has 3 heterocycles. The van der Waals surface area contributed by atoms with Crippen molar-refractivity contribution in [1.29, 1.82) is 0 Å². The maximum atomic E-state index is 12.9. The summed E-state index contributed by atoms with van der Waals surface area (Å²) in [7, 11) is 0. The number of amides is 1. The van der Waals surface area contributed by atoms with Gasteiger partial charge in [0, 0.05) is 37.5 Å². The fourth-order valence-electron chi connectivity index (χ4n) is 4.12. The summed E-state index contributed by atoms with van der Waals surface area (Å²) in [6.07, 6.45) is 6.48. The molecule has 1 saturated heterocycles. The molecular weight excluding hydrogens is 344 g/mol. The van der Waals surface area contributed by atoms with E-state index in [-0.39, 0.29) is 17.4 Å². The minimum absolute atomic E-state index is 0.0488. The molecule has 2 aliphatic rings. The summed E-state index contributed by atoms with van der Waals surface area (Å²) in [5.41, 5.74) is 0.718. The molecule has 2 aliphatic heterocycles. The molecule has 27 heavy (non-hydrogen) atoms. The fraction of sp³-hybridized carbons (Fsp3) is 0.500. The average Bonchev–Trinajstić information content (AvgIpc) is 2.96. The van der Waals surface area contributed by atoms with Crippen molar-refractivity contribution in [2.45, 2.75) is 51.0 Å². The summed E-state index contributed by atoms with van der Waals surface area (Å²) in [6, 6.07) is 6.15. The molecule has 1 aromatic heterocycles. The third-order valence-corrected chi connectivity index (χ3v) is 5.59. The largest absolute Gasteiger partial charge is 0.478 e. The SMILES string of the molecule is O=C(O)c1ccc(C(=O)N2CCCC(c3nnc4n3CCCCC4)C2)cc1. The van der Waals surface area contributed by atoms with Gasteiger partial charge in [0.1, 0.15) is 11.6 Å². The van der Waals surface area contributed by atoms with Crippen LogP contribution in [0.4, 0.5) is 0 Å². The summed E-state index contributed by atoms with van der Waals surface area (Å²) >= 11 is 0. The van der Waals surface area contributed by atoms with Crippen LogP contribution in [0.5, 0.6) is 0 Å². The first kappa shape index (κ1) is 17.7. The van der Waals surface area contributed by atoms with Gasteiger partial charge >= 0.3 is 5.97 Å². The van der Waals surface area contributed by atoms with Crippen molar-refractivity contribution in [3.8, 4) is 0 Å². The van der Waals surface area contributed by atoms with E-state index in [0.29, 0.717) is 12.1 Å². The van der Waals surface area contributed by atoms with Crippen LogP contribution in [-0.4, -0.2) is 49.7 Å². The molecular formula is C20H24N4O3. The number of carboxylic acid groups (broad SMARTS) is 1. The lowest BCUT2D eigenvalue weighted by atomic mass is 9.96. The van der Waals surface area contributed by atoms with Gasteiger partial charge in [-0.15, -0.1) is 10.2 Å². The third-order valence-electron chi connectivity index (χ3n) is 5.59. The van der Waals surface area contributed by atoms with Crippen molar-refractivity contribution >= 4 is 11.9 Å². The second kappa shape index (κ2) is 7.50. The number of aromatic nitrogens is 3. The highest BCUT2D eigenvalue weighted by molar-refractivity contribution is 5.96. The van der Waals surface area contributed by atoms with E-state index in [1.807, 2.05) is 4.90 Å². The number of hydrogen-bond donors (Lipinski definition) is 1. The van der Waals surface area contributed by atoms with Crippen LogP contribution in [0.25, 0.3) is 0 Å². The Hall–Kier alpha value is -2.70. The molecule has 4 rings (SSSR count). The molecule has 0 aliphatic carbocycles. The van der Waals surface area contributed by atoms with Crippen molar-refractivity contribution in [2.24, 2.45) is 0 Å². The van der Waals surface area contributed by atoms with E-state index in [2.05, 4.69) is 14.8 Å². The number of benzene rings is 1. The van der Waals surface area contributed by atoms with E-state index < -0.39 is 5.97 Å². The predicted octanol–water partition coefficient (Wildman–Crippen LogP) is 2.72. The predicted molar refractivity (Wildman–Crippen MR) is 98.9 cm³/mol. The zero-order valence-corrected chi connectivity index (χ0v) is 15.3. The van der Waals surface area contributed by atoms with Gasteiger partial charge in [-0.1, -0.05) is 6.42 Å². The van der Waals surface area contributed by atoms with Crippen LogP contribution < -0.4 is 0 Å². The molecule has 7 heteroatoms. The van der Waals surface area contributed by atoms with Gasteiger partial charge in [0.15, 0.2) is 0 Å². The molecule has 2 aromatic rings. The highest BCUT2D eigenvalue weighted by Crippen LogP contribution is 2.28. The van der Waals surface area contributed by atoms with Gasteiger partial charge in [-0.2, -0.15) is 0 Å². The van der Waals surface area contributed by atoms with E-state index in [1.165, 1.54) is 25.0 Å². The first-order valence-electron chi connectivity index (χ1n) is 9.68. The van der Waals surface area contributed by atoms with E-state index in [9.17, 15) is 9.59 Å². The van der Waals surface area contributed by atoms with Gasteiger partial charge in [0.05, 0.1) is 5.56 Å². The summed E-state index contributed by atoms with van der Waals surface area (Å²) in [5.74, 6) is 1.27. The van der Waals surface area contributed by atoms with Crippen LogP contribution in [0, 0.1) is 0 Å². The van der Waals surface area contributed by atoms with Gasteiger partial charge in [-0.05, 0) is 49.9 Å². The van der Waals surface area contributed by atoms with Gasteiger partial charge in [0.25, 0.3) is 5.91 Å². The van der Waals surface area contributed by atoms with Crippen molar-refractivity contribution in [2.75, 3.05) is 13.1 Å². The lowest BCUT2D eigenvalue weighted by Gasteiger charge is -2.32. The Morgan fingerprint density at radius 1 is 0.963 bits per heavy atom. The molecule has 1 atom stereocenters. The number of hydrogen-bond acceptors (Lipinski definition) is 4. The van der Waals surface area contributed by atoms with E-state index in [0.717, 1.165) is 50.4 Å². The minimum Gasteiger partial charge on any atom is -0.478 e. The average molecular weight is 368 g/mol. The molecule has 0 saturated carbocycles. The number of carboxylic acids is 1. The van der Waals surface area contributed by atoms with E-state index in [4.69, 9.17) is 5.11 Å². The summed E-state index contributed by atoms with van der Waals surface area (Å²) < 4.78 is 2.27. The molecule has 7 nitrogen and oxygen atoms in total. The topological polar surface area (TPSA) is 88.3 Å². The van der Waals surface area contributed by atoms with Gasteiger partial charge in [-0.25, -0.2) is 4.79 Å². The minimum atomic E-state index is -0.987. The second-order valence-corrected chi connectivity index (χ2v) is 7.41. The number of aromatic carboxylic acids is 1. The zero-order valence-electron chi connectivity index (χ0n) is 15.3. The standard InChI is InChI=1S/C20H24N4O3/c25-19(14-7-9-15(10-8-14)20(26)27)23-11-4-5-16(13-23)18-22-21-17-6-2-1-3-12-24(17)18/h7-10,16H,1-6,11-13H2,(H,26,27). The molecule has 0 bridgehead atoms. The maximum absolute atomic E-state index is 12.9. The summed E-state index contributed by atoms with van der Waals surface area (Å²) in [6.45, 7) is 2.33. The van der Waals surface area contributed by atoms with Gasteiger partial charge < -0.3 is 14.6 Å².